The van der Waals surface area contributed by atoms with Crippen molar-refractivity contribution in [1.29, 1.82) is 0 Å². The Bertz CT molecular complexity index is 704. The first kappa shape index (κ1) is 16.7. The van der Waals surface area contributed by atoms with Gasteiger partial charge in [0.2, 0.25) is 5.78 Å². The van der Waals surface area contributed by atoms with Gasteiger partial charge in [0, 0.05) is 0 Å². The average Bonchev–Trinajstić information content (AvgIpc) is 2.93. The molecule has 0 unspecified atom stereocenters. The molecule has 0 atom stereocenters. The van der Waals surface area contributed by atoms with Gasteiger partial charge in [-0.05, 0) is 49.8 Å². The maximum atomic E-state index is 12.3. The van der Waals surface area contributed by atoms with Gasteiger partial charge >= 0.3 is 6.61 Å². The SMILES string of the molecule is CCOc1cc(C=CC(=O)c2ccc(C)o2)ccc1OC(F)F. The van der Waals surface area contributed by atoms with Crippen LogP contribution in [-0.4, -0.2) is 19.0 Å². The van der Waals surface area contributed by atoms with Crippen molar-refractivity contribution in [2.24, 2.45) is 0 Å². The normalized spacial score (nSPS) is 11.2. The van der Waals surface area contributed by atoms with Crippen LogP contribution in [0.2, 0.25) is 0 Å². The Morgan fingerprint density at radius 3 is 2.65 bits per heavy atom. The molecule has 1 aromatic heterocycles. The summed E-state index contributed by atoms with van der Waals surface area (Å²) in [4.78, 5) is 11.9. The number of ether oxygens (including phenoxy) is 2. The van der Waals surface area contributed by atoms with Crippen molar-refractivity contribution in [3.05, 3.63) is 53.5 Å². The molecule has 0 saturated carbocycles. The van der Waals surface area contributed by atoms with Crippen LogP contribution < -0.4 is 9.47 Å². The average molecular weight is 322 g/mol. The number of alkyl halides is 2. The molecule has 6 heteroatoms. The van der Waals surface area contributed by atoms with Crippen molar-refractivity contribution >= 4 is 11.9 Å². The highest BCUT2D eigenvalue weighted by Crippen LogP contribution is 2.30. The van der Waals surface area contributed by atoms with E-state index in [9.17, 15) is 13.6 Å². The van der Waals surface area contributed by atoms with Crippen molar-refractivity contribution < 1.29 is 27.5 Å². The van der Waals surface area contributed by atoms with Crippen LogP contribution in [0.5, 0.6) is 11.5 Å². The molecule has 4 nitrogen and oxygen atoms in total. The summed E-state index contributed by atoms with van der Waals surface area (Å²) in [6.45, 7) is 0.852. The van der Waals surface area contributed by atoms with Crippen LogP contribution in [0, 0.1) is 6.92 Å². The predicted molar refractivity (Wildman–Crippen MR) is 81.1 cm³/mol. The van der Waals surface area contributed by atoms with Crippen molar-refractivity contribution in [3.63, 3.8) is 0 Å². The quantitative estimate of drug-likeness (QED) is 0.557. The molecule has 0 radical (unpaired) electrons. The van der Waals surface area contributed by atoms with Crippen LogP contribution >= 0.6 is 0 Å². The fourth-order valence-electron chi connectivity index (χ4n) is 1.91. The van der Waals surface area contributed by atoms with Gasteiger partial charge in [-0.25, -0.2) is 0 Å². The summed E-state index contributed by atoms with van der Waals surface area (Å²) in [5, 5.41) is 0. The molecule has 2 aromatic rings. The van der Waals surface area contributed by atoms with Crippen LogP contribution in [0.3, 0.4) is 0 Å². The van der Waals surface area contributed by atoms with E-state index < -0.39 is 6.61 Å². The van der Waals surface area contributed by atoms with E-state index in [-0.39, 0.29) is 23.0 Å². The highest BCUT2D eigenvalue weighted by atomic mass is 19.3. The number of furan rings is 1. The molecule has 0 aliphatic heterocycles. The molecular weight excluding hydrogens is 306 g/mol. The molecule has 0 aliphatic rings. The highest BCUT2D eigenvalue weighted by Gasteiger charge is 2.11. The second-order valence-electron chi connectivity index (χ2n) is 4.63. The van der Waals surface area contributed by atoms with Crippen LogP contribution in [-0.2, 0) is 0 Å². The van der Waals surface area contributed by atoms with Gasteiger partial charge in [-0.2, -0.15) is 8.78 Å². The number of halogens is 2. The Morgan fingerprint density at radius 1 is 1.26 bits per heavy atom. The zero-order valence-electron chi connectivity index (χ0n) is 12.7. The number of aryl methyl sites for hydroxylation is 1. The Kier molecular flexibility index (Phi) is 5.51. The summed E-state index contributed by atoms with van der Waals surface area (Å²) < 4.78 is 39.6. The smallest absolute Gasteiger partial charge is 0.387 e. The lowest BCUT2D eigenvalue weighted by atomic mass is 10.1. The molecule has 0 amide bonds. The first-order chi connectivity index (χ1) is 11.0. The fourth-order valence-corrected chi connectivity index (χ4v) is 1.91. The minimum Gasteiger partial charge on any atom is -0.490 e. The summed E-state index contributed by atoms with van der Waals surface area (Å²) in [5.41, 5.74) is 0.617. The number of hydrogen-bond acceptors (Lipinski definition) is 4. The van der Waals surface area contributed by atoms with Gasteiger partial charge in [0.05, 0.1) is 6.61 Å². The van der Waals surface area contributed by atoms with Crippen LogP contribution in [0.15, 0.2) is 40.8 Å². The minimum atomic E-state index is -2.93. The van der Waals surface area contributed by atoms with E-state index in [2.05, 4.69) is 4.74 Å². The maximum Gasteiger partial charge on any atom is 0.387 e. The number of allylic oxidation sites excluding steroid dienone is 1. The lowest BCUT2D eigenvalue weighted by molar-refractivity contribution is -0.0514. The molecule has 0 fully saturated rings. The lowest BCUT2D eigenvalue weighted by Crippen LogP contribution is -2.04. The molecule has 0 aliphatic carbocycles. The minimum absolute atomic E-state index is 0.0491. The van der Waals surface area contributed by atoms with Gasteiger partial charge in [0.25, 0.3) is 0 Å². The molecule has 0 saturated heterocycles. The molecular formula is C17H16F2O4. The standard InChI is InChI=1S/C17H16F2O4/c1-3-21-16-10-12(6-9-15(16)23-17(18)19)5-7-13(20)14-8-4-11(2)22-14/h4-10,17H,3H2,1-2H3. The molecule has 0 spiro atoms. The van der Waals surface area contributed by atoms with Crippen molar-refractivity contribution in [1.82, 2.24) is 0 Å². The van der Waals surface area contributed by atoms with Gasteiger partial charge in [0.15, 0.2) is 17.3 Å². The van der Waals surface area contributed by atoms with Gasteiger partial charge in [0.1, 0.15) is 5.76 Å². The summed E-state index contributed by atoms with van der Waals surface area (Å²) in [6, 6.07) is 7.74. The van der Waals surface area contributed by atoms with Crippen molar-refractivity contribution in [2.45, 2.75) is 20.5 Å². The second-order valence-corrected chi connectivity index (χ2v) is 4.63. The molecule has 0 N–H and O–H groups in total. The first-order valence-electron chi connectivity index (χ1n) is 7.00. The number of hydrogen-bond donors (Lipinski definition) is 0. The Labute approximate surface area is 132 Å². The van der Waals surface area contributed by atoms with Gasteiger partial charge in [-0.3, -0.25) is 4.79 Å². The van der Waals surface area contributed by atoms with Gasteiger partial charge < -0.3 is 13.9 Å². The number of carbonyl (C=O) groups excluding carboxylic acids is 1. The third-order valence-corrected chi connectivity index (χ3v) is 2.89. The third-order valence-electron chi connectivity index (χ3n) is 2.89. The van der Waals surface area contributed by atoms with E-state index in [1.807, 2.05) is 0 Å². The summed E-state index contributed by atoms with van der Waals surface area (Å²) in [5.74, 6) is 0.738. The van der Waals surface area contributed by atoms with Crippen LogP contribution in [0.1, 0.15) is 28.8 Å². The van der Waals surface area contributed by atoms with E-state index in [0.29, 0.717) is 17.9 Å². The molecule has 0 bridgehead atoms. The summed E-state index contributed by atoms with van der Waals surface area (Å²) in [6.07, 6.45) is 2.89. The van der Waals surface area contributed by atoms with E-state index in [0.717, 1.165) is 0 Å². The monoisotopic (exact) mass is 322 g/mol. The van der Waals surface area contributed by atoms with E-state index in [1.54, 1.807) is 38.1 Å². The highest BCUT2D eigenvalue weighted by molar-refractivity contribution is 6.04. The largest absolute Gasteiger partial charge is 0.490 e. The number of benzene rings is 1. The summed E-state index contributed by atoms with van der Waals surface area (Å²) in [7, 11) is 0. The Morgan fingerprint density at radius 2 is 2.04 bits per heavy atom. The molecule has 1 heterocycles. The van der Waals surface area contributed by atoms with Crippen molar-refractivity contribution in [2.75, 3.05) is 6.61 Å². The zero-order chi connectivity index (χ0) is 16.8. The number of ketones is 1. The summed E-state index contributed by atoms with van der Waals surface area (Å²) >= 11 is 0. The fraction of sp³-hybridized carbons (Fsp3) is 0.235. The topological polar surface area (TPSA) is 48.7 Å². The van der Waals surface area contributed by atoms with E-state index in [1.165, 1.54) is 18.2 Å². The number of carbonyl (C=O) groups is 1. The number of rotatable bonds is 7. The maximum absolute atomic E-state index is 12.3. The Balaban J connectivity index is 2.17. The molecule has 23 heavy (non-hydrogen) atoms. The second kappa shape index (κ2) is 7.58. The lowest BCUT2D eigenvalue weighted by Gasteiger charge is -2.11. The third kappa shape index (κ3) is 4.67. The van der Waals surface area contributed by atoms with Gasteiger partial charge in [-0.15, -0.1) is 0 Å². The van der Waals surface area contributed by atoms with Crippen molar-refractivity contribution in [3.8, 4) is 11.5 Å². The van der Waals surface area contributed by atoms with E-state index >= 15 is 0 Å². The Hall–Kier alpha value is -2.63. The first-order valence-corrected chi connectivity index (χ1v) is 7.00. The van der Waals surface area contributed by atoms with E-state index in [4.69, 9.17) is 9.15 Å². The zero-order valence-corrected chi connectivity index (χ0v) is 12.7. The van der Waals surface area contributed by atoms with Gasteiger partial charge in [-0.1, -0.05) is 12.1 Å². The molecule has 122 valence electrons. The van der Waals surface area contributed by atoms with Crippen LogP contribution in [0.25, 0.3) is 6.08 Å². The molecule has 2 rings (SSSR count). The van der Waals surface area contributed by atoms with Crippen LogP contribution in [0.4, 0.5) is 8.78 Å². The predicted octanol–water partition coefficient (Wildman–Crippen LogP) is 4.48. The molecule has 1 aromatic carbocycles.